The van der Waals surface area contributed by atoms with E-state index < -0.39 is 5.97 Å². The predicted molar refractivity (Wildman–Crippen MR) is 66.9 cm³/mol. The second-order valence-electron chi connectivity index (χ2n) is 3.46. The topological polar surface area (TPSA) is 63.1 Å². The fourth-order valence-electron chi connectivity index (χ4n) is 1.51. The molecule has 0 amide bonds. The number of benzene rings is 1. The molecule has 1 aromatic heterocycles. The molecule has 5 heteroatoms. The van der Waals surface area contributed by atoms with Gasteiger partial charge in [-0.25, -0.2) is 14.8 Å². The molecule has 0 radical (unpaired) electrons. The maximum Gasteiger partial charge on any atom is 0.355 e. The van der Waals surface area contributed by atoms with E-state index in [-0.39, 0.29) is 5.69 Å². The zero-order valence-electron chi connectivity index (χ0n) is 9.01. The summed E-state index contributed by atoms with van der Waals surface area (Å²) in [6.45, 7) is 1.66. The fourth-order valence-corrected chi connectivity index (χ4v) is 2.01. The number of halogens is 1. The van der Waals surface area contributed by atoms with E-state index in [9.17, 15) is 4.79 Å². The molecule has 4 nitrogen and oxygen atoms in total. The van der Waals surface area contributed by atoms with Crippen molar-refractivity contribution in [2.45, 2.75) is 6.92 Å². The molecule has 0 fully saturated rings. The summed E-state index contributed by atoms with van der Waals surface area (Å²) in [6, 6.07) is 7.38. The number of carboxylic acids is 1. The first-order chi connectivity index (χ1) is 8.09. The van der Waals surface area contributed by atoms with Gasteiger partial charge in [0.25, 0.3) is 0 Å². The van der Waals surface area contributed by atoms with Gasteiger partial charge in [0.2, 0.25) is 0 Å². The number of hydrogen-bond donors (Lipinski definition) is 1. The van der Waals surface area contributed by atoms with Crippen molar-refractivity contribution in [1.82, 2.24) is 9.97 Å². The standard InChI is InChI=1S/C12H9BrN2O2/c1-7-14-6-9(11(15-7)12(16)17)8-4-2-3-5-10(8)13/h2-6H,1H3,(H,16,17). The molecule has 1 aromatic carbocycles. The summed E-state index contributed by atoms with van der Waals surface area (Å²) < 4.78 is 0.815. The van der Waals surface area contributed by atoms with Gasteiger partial charge in [0.15, 0.2) is 5.69 Å². The number of nitrogens with zero attached hydrogens (tertiary/aromatic N) is 2. The first-order valence-electron chi connectivity index (χ1n) is 4.91. The van der Waals surface area contributed by atoms with Crippen LogP contribution in [0.25, 0.3) is 11.1 Å². The fraction of sp³-hybridized carbons (Fsp3) is 0.0833. The highest BCUT2D eigenvalue weighted by Crippen LogP contribution is 2.29. The normalized spacial score (nSPS) is 10.2. The Kier molecular flexibility index (Phi) is 3.19. The minimum Gasteiger partial charge on any atom is -0.476 e. The van der Waals surface area contributed by atoms with Crippen LogP contribution >= 0.6 is 15.9 Å². The minimum absolute atomic E-state index is 0.0180. The van der Waals surface area contributed by atoms with Crippen LogP contribution in [0.4, 0.5) is 0 Å². The summed E-state index contributed by atoms with van der Waals surface area (Å²) in [7, 11) is 0. The van der Waals surface area contributed by atoms with Crippen LogP contribution < -0.4 is 0 Å². The number of aryl methyl sites for hydroxylation is 1. The summed E-state index contributed by atoms with van der Waals surface area (Å²) in [5, 5.41) is 9.14. The monoisotopic (exact) mass is 292 g/mol. The van der Waals surface area contributed by atoms with Gasteiger partial charge in [0, 0.05) is 16.2 Å². The number of rotatable bonds is 2. The summed E-state index contributed by atoms with van der Waals surface area (Å²) in [5.41, 5.74) is 1.30. The third kappa shape index (κ3) is 2.34. The van der Waals surface area contributed by atoms with Gasteiger partial charge in [-0.2, -0.15) is 0 Å². The van der Waals surface area contributed by atoms with Crippen LogP contribution in [0.15, 0.2) is 34.9 Å². The van der Waals surface area contributed by atoms with E-state index in [2.05, 4.69) is 25.9 Å². The smallest absolute Gasteiger partial charge is 0.355 e. The third-order valence-corrected chi connectivity index (χ3v) is 2.97. The van der Waals surface area contributed by atoms with Crippen molar-refractivity contribution >= 4 is 21.9 Å². The Morgan fingerprint density at radius 1 is 1.29 bits per heavy atom. The van der Waals surface area contributed by atoms with Crippen molar-refractivity contribution in [2.75, 3.05) is 0 Å². The number of aromatic carboxylic acids is 1. The molecule has 86 valence electrons. The van der Waals surface area contributed by atoms with E-state index in [1.54, 1.807) is 6.92 Å². The van der Waals surface area contributed by atoms with Crippen LogP contribution in [0.3, 0.4) is 0 Å². The van der Waals surface area contributed by atoms with E-state index >= 15 is 0 Å². The Morgan fingerprint density at radius 2 is 2.00 bits per heavy atom. The molecule has 0 spiro atoms. The molecule has 0 atom stereocenters. The van der Waals surface area contributed by atoms with Gasteiger partial charge in [-0.05, 0) is 18.6 Å². The highest BCUT2D eigenvalue weighted by molar-refractivity contribution is 9.10. The summed E-state index contributed by atoms with van der Waals surface area (Å²) >= 11 is 3.39. The molecule has 0 aliphatic rings. The Bertz CT molecular complexity index is 584. The van der Waals surface area contributed by atoms with Crippen molar-refractivity contribution in [1.29, 1.82) is 0 Å². The first kappa shape index (κ1) is 11.7. The van der Waals surface area contributed by atoms with Gasteiger partial charge in [-0.15, -0.1) is 0 Å². The van der Waals surface area contributed by atoms with E-state index in [4.69, 9.17) is 5.11 Å². The molecule has 1 heterocycles. The second-order valence-corrected chi connectivity index (χ2v) is 4.32. The second kappa shape index (κ2) is 4.63. The highest BCUT2D eigenvalue weighted by Gasteiger charge is 2.16. The molecular formula is C12H9BrN2O2. The van der Waals surface area contributed by atoms with Crippen molar-refractivity contribution in [3.05, 3.63) is 46.5 Å². The van der Waals surface area contributed by atoms with Crippen LogP contribution in [0.5, 0.6) is 0 Å². The molecular weight excluding hydrogens is 284 g/mol. The lowest BCUT2D eigenvalue weighted by Gasteiger charge is -2.07. The first-order valence-corrected chi connectivity index (χ1v) is 5.70. The minimum atomic E-state index is -1.05. The van der Waals surface area contributed by atoms with E-state index in [1.807, 2.05) is 24.3 Å². The highest BCUT2D eigenvalue weighted by atomic mass is 79.9. The van der Waals surface area contributed by atoms with E-state index in [0.29, 0.717) is 11.4 Å². The SMILES string of the molecule is Cc1ncc(-c2ccccc2Br)c(C(=O)O)n1. The van der Waals surface area contributed by atoms with Gasteiger partial charge in [-0.1, -0.05) is 34.1 Å². The molecule has 0 saturated heterocycles. The molecule has 0 bridgehead atoms. The van der Waals surface area contributed by atoms with Crippen LogP contribution in [0.1, 0.15) is 16.3 Å². The molecule has 0 unspecified atom stereocenters. The molecule has 2 aromatic rings. The van der Waals surface area contributed by atoms with E-state index in [0.717, 1.165) is 10.0 Å². The lowest BCUT2D eigenvalue weighted by Crippen LogP contribution is -2.06. The maximum atomic E-state index is 11.2. The molecule has 0 saturated carbocycles. The maximum absolute atomic E-state index is 11.2. The number of hydrogen-bond acceptors (Lipinski definition) is 3. The number of aromatic nitrogens is 2. The zero-order valence-corrected chi connectivity index (χ0v) is 10.6. The average Bonchev–Trinajstić information content (AvgIpc) is 2.30. The van der Waals surface area contributed by atoms with Crippen LogP contribution in [0.2, 0.25) is 0 Å². The molecule has 0 aliphatic heterocycles. The molecule has 17 heavy (non-hydrogen) atoms. The summed E-state index contributed by atoms with van der Waals surface area (Å²) in [4.78, 5) is 19.2. The van der Waals surface area contributed by atoms with Crippen LogP contribution in [-0.4, -0.2) is 21.0 Å². The predicted octanol–water partition coefficient (Wildman–Crippen LogP) is 2.91. The van der Waals surface area contributed by atoms with E-state index in [1.165, 1.54) is 6.20 Å². The van der Waals surface area contributed by atoms with Gasteiger partial charge >= 0.3 is 5.97 Å². The Balaban J connectivity index is 2.68. The summed E-state index contributed by atoms with van der Waals surface area (Å²) in [5.74, 6) is -0.612. The van der Waals surface area contributed by atoms with Gasteiger partial charge in [0.05, 0.1) is 0 Å². The largest absolute Gasteiger partial charge is 0.476 e. The van der Waals surface area contributed by atoms with Crippen molar-refractivity contribution in [3.63, 3.8) is 0 Å². The Hall–Kier alpha value is -1.75. The average molecular weight is 293 g/mol. The summed E-state index contributed by atoms with van der Waals surface area (Å²) in [6.07, 6.45) is 1.53. The number of carbonyl (C=O) groups is 1. The molecule has 1 N–H and O–H groups in total. The third-order valence-electron chi connectivity index (χ3n) is 2.28. The zero-order chi connectivity index (χ0) is 12.4. The van der Waals surface area contributed by atoms with Crippen molar-refractivity contribution in [2.24, 2.45) is 0 Å². The van der Waals surface area contributed by atoms with Gasteiger partial charge in [-0.3, -0.25) is 0 Å². The van der Waals surface area contributed by atoms with Gasteiger partial charge < -0.3 is 5.11 Å². The molecule has 2 rings (SSSR count). The number of carboxylic acid groups (broad SMARTS) is 1. The van der Waals surface area contributed by atoms with Crippen LogP contribution in [-0.2, 0) is 0 Å². The lowest BCUT2D eigenvalue weighted by atomic mass is 10.1. The Morgan fingerprint density at radius 3 is 2.65 bits per heavy atom. The van der Waals surface area contributed by atoms with Crippen molar-refractivity contribution < 1.29 is 9.90 Å². The molecule has 0 aliphatic carbocycles. The quantitative estimate of drug-likeness (QED) is 0.924. The van der Waals surface area contributed by atoms with Crippen molar-refractivity contribution in [3.8, 4) is 11.1 Å². The van der Waals surface area contributed by atoms with Crippen LogP contribution in [0, 0.1) is 6.92 Å². The lowest BCUT2D eigenvalue weighted by molar-refractivity contribution is 0.0691. The van der Waals surface area contributed by atoms with Gasteiger partial charge in [0.1, 0.15) is 5.82 Å². The Labute approximate surface area is 106 Å².